The summed E-state index contributed by atoms with van der Waals surface area (Å²) in [6.45, 7) is 7.51. The zero-order valence-corrected chi connectivity index (χ0v) is 10.7. The summed E-state index contributed by atoms with van der Waals surface area (Å²) in [5, 5.41) is 0. The maximum Gasteiger partial charge on any atom is 0.339 e. The fraction of sp³-hybridized carbons (Fsp3) is 0.357. The van der Waals surface area contributed by atoms with Gasteiger partial charge in [0.1, 0.15) is 6.10 Å². The standard InChI is InChI=1S/C14H16O4/c1-5-10-12-9(14(15)18-10)6-7-11(16-4)13(12)17-8(2)3/h5-8,10H,1H2,2-4H3. The van der Waals surface area contributed by atoms with Gasteiger partial charge in [0.2, 0.25) is 0 Å². The van der Waals surface area contributed by atoms with Crippen LogP contribution in [0.3, 0.4) is 0 Å². The largest absolute Gasteiger partial charge is 0.493 e. The number of methoxy groups -OCH3 is 1. The van der Waals surface area contributed by atoms with Crippen molar-refractivity contribution >= 4 is 5.97 Å². The van der Waals surface area contributed by atoms with Gasteiger partial charge in [0.05, 0.1) is 24.3 Å². The summed E-state index contributed by atoms with van der Waals surface area (Å²) in [7, 11) is 1.56. The van der Waals surface area contributed by atoms with Crippen LogP contribution in [0.2, 0.25) is 0 Å². The Morgan fingerprint density at radius 3 is 2.72 bits per heavy atom. The van der Waals surface area contributed by atoms with Gasteiger partial charge in [-0.15, -0.1) is 0 Å². The summed E-state index contributed by atoms with van der Waals surface area (Å²) in [6.07, 6.45) is 1.08. The van der Waals surface area contributed by atoms with Crippen LogP contribution in [0.5, 0.6) is 11.5 Å². The molecule has 2 rings (SSSR count). The summed E-state index contributed by atoms with van der Waals surface area (Å²) in [6, 6.07) is 3.40. The fourth-order valence-corrected chi connectivity index (χ4v) is 1.96. The van der Waals surface area contributed by atoms with Crippen LogP contribution in [0.15, 0.2) is 24.8 Å². The van der Waals surface area contributed by atoms with Gasteiger partial charge in [0.15, 0.2) is 11.5 Å². The van der Waals surface area contributed by atoms with E-state index in [0.29, 0.717) is 22.6 Å². The van der Waals surface area contributed by atoms with E-state index >= 15 is 0 Å². The number of carbonyl (C=O) groups excluding carboxylic acids is 1. The molecule has 0 fully saturated rings. The van der Waals surface area contributed by atoms with Crippen molar-refractivity contribution in [2.24, 2.45) is 0 Å². The Bertz CT molecular complexity index is 491. The van der Waals surface area contributed by atoms with Crippen LogP contribution in [0.25, 0.3) is 0 Å². The highest BCUT2D eigenvalue weighted by Crippen LogP contribution is 2.43. The van der Waals surface area contributed by atoms with Gasteiger partial charge in [-0.1, -0.05) is 6.58 Å². The first-order chi connectivity index (χ1) is 8.58. The smallest absolute Gasteiger partial charge is 0.339 e. The molecule has 1 aliphatic rings. The lowest BCUT2D eigenvalue weighted by Gasteiger charge is -2.17. The maximum absolute atomic E-state index is 11.7. The summed E-state index contributed by atoms with van der Waals surface area (Å²) in [5.41, 5.74) is 1.21. The van der Waals surface area contributed by atoms with Gasteiger partial charge in [-0.25, -0.2) is 4.79 Å². The average Bonchev–Trinajstić information content (AvgIpc) is 2.66. The summed E-state index contributed by atoms with van der Waals surface area (Å²) in [5.74, 6) is 0.791. The van der Waals surface area contributed by atoms with Gasteiger partial charge in [0, 0.05) is 0 Å². The third-order valence-electron chi connectivity index (χ3n) is 2.69. The van der Waals surface area contributed by atoms with Gasteiger partial charge in [0.25, 0.3) is 0 Å². The van der Waals surface area contributed by atoms with E-state index in [1.807, 2.05) is 13.8 Å². The molecule has 96 valence electrons. The van der Waals surface area contributed by atoms with E-state index in [2.05, 4.69) is 6.58 Å². The Hall–Kier alpha value is -1.97. The Kier molecular flexibility index (Phi) is 3.28. The van der Waals surface area contributed by atoms with Crippen molar-refractivity contribution in [2.75, 3.05) is 7.11 Å². The van der Waals surface area contributed by atoms with Crippen LogP contribution < -0.4 is 9.47 Å². The first-order valence-electron chi connectivity index (χ1n) is 5.79. The monoisotopic (exact) mass is 248 g/mol. The Morgan fingerprint density at radius 1 is 1.44 bits per heavy atom. The van der Waals surface area contributed by atoms with Crippen molar-refractivity contribution < 1.29 is 19.0 Å². The molecule has 1 aromatic rings. The van der Waals surface area contributed by atoms with Crippen LogP contribution in [-0.4, -0.2) is 19.2 Å². The first kappa shape index (κ1) is 12.5. The maximum atomic E-state index is 11.7. The SMILES string of the molecule is C=CC1OC(=O)c2ccc(OC)c(OC(C)C)c21. The number of esters is 1. The van der Waals surface area contributed by atoms with Crippen molar-refractivity contribution in [3.05, 3.63) is 35.9 Å². The minimum atomic E-state index is -0.476. The molecule has 1 heterocycles. The third-order valence-corrected chi connectivity index (χ3v) is 2.69. The molecule has 1 atom stereocenters. The van der Waals surface area contributed by atoms with Crippen molar-refractivity contribution in [1.29, 1.82) is 0 Å². The highest BCUT2D eigenvalue weighted by molar-refractivity contribution is 5.95. The summed E-state index contributed by atoms with van der Waals surface area (Å²) < 4.78 is 16.2. The number of rotatable bonds is 4. The molecular formula is C14H16O4. The minimum absolute atomic E-state index is 0.0217. The molecule has 0 spiro atoms. The van der Waals surface area contributed by atoms with Gasteiger partial charge in [-0.05, 0) is 32.1 Å². The molecule has 4 heteroatoms. The number of hydrogen-bond acceptors (Lipinski definition) is 4. The van der Waals surface area contributed by atoms with E-state index in [0.717, 1.165) is 0 Å². The Labute approximate surface area is 106 Å². The summed E-state index contributed by atoms with van der Waals surface area (Å²) >= 11 is 0. The second kappa shape index (κ2) is 4.72. The highest BCUT2D eigenvalue weighted by atomic mass is 16.6. The van der Waals surface area contributed by atoms with Crippen molar-refractivity contribution in [3.63, 3.8) is 0 Å². The van der Waals surface area contributed by atoms with E-state index in [-0.39, 0.29) is 12.1 Å². The molecule has 1 unspecified atom stereocenters. The predicted molar refractivity (Wildman–Crippen MR) is 67.1 cm³/mol. The van der Waals surface area contributed by atoms with E-state index in [9.17, 15) is 4.79 Å². The van der Waals surface area contributed by atoms with Gasteiger partial charge < -0.3 is 14.2 Å². The molecular weight excluding hydrogens is 232 g/mol. The third kappa shape index (κ3) is 1.94. The predicted octanol–water partition coefficient (Wildman–Crippen LogP) is 2.88. The van der Waals surface area contributed by atoms with Gasteiger partial charge in [-0.2, -0.15) is 0 Å². The van der Waals surface area contributed by atoms with Crippen molar-refractivity contribution in [2.45, 2.75) is 26.1 Å². The quantitative estimate of drug-likeness (QED) is 0.607. The molecule has 0 amide bonds. The molecule has 4 nitrogen and oxygen atoms in total. The molecule has 0 aliphatic carbocycles. The average molecular weight is 248 g/mol. The second-order valence-corrected chi connectivity index (χ2v) is 4.29. The zero-order valence-electron chi connectivity index (χ0n) is 10.7. The van der Waals surface area contributed by atoms with E-state index in [1.165, 1.54) is 0 Å². The molecule has 0 radical (unpaired) electrons. The van der Waals surface area contributed by atoms with E-state index in [4.69, 9.17) is 14.2 Å². The van der Waals surface area contributed by atoms with Crippen molar-refractivity contribution in [3.8, 4) is 11.5 Å². The van der Waals surface area contributed by atoms with E-state index in [1.54, 1.807) is 25.3 Å². The minimum Gasteiger partial charge on any atom is -0.493 e. The first-order valence-corrected chi connectivity index (χ1v) is 5.79. The molecule has 0 saturated carbocycles. The zero-order chi connectivity index (χ0) is 13.3. The molecule has 0 aromatic heterocycles. The number of fused-ring (bicyclic) bond motifs is 1. The number of carbonyl (C=O) groups is 1. The van der Waals surface area contributed by atoms with Crippen LogP contribution in [-0.2, 0) is 4.74 Å². The van der Waals surface area contributed by atoms with Crippen LogP contribution >= 0.6 is 0 Å². The van der Waals surface area contributed by atoms with Crippen LogP contribution in [0.4, 0.5) is 0 Å². The van der Waals surface area contributed by atoms with Crippen LogP contribution in [0.1, 0.15) is 35.9 Å². The number of cyclic esters (lactones) is 1. The van der Waals surface area contributed by atoms with Gasteiger partial charge >= 0.3 is 5.97 Å². The lowest BCUT2D eigenvalue weighted by Crippen LogP contribution is -2.09. The topological polar surface area (TPSA) is 44.8 Å². The molecule has 0 saturated heterocycles. The molecule has 0 bridgehead atoms. The lowest BCUT2D eigenvalue weighted by molar-refractivity contribution is 0.0465. The van der Waals surface area contributed by atoms with E-state index < -0.39 is 6.10 Å². The summed E-state index contributed by atoms with van der Waals surface area (Å²) in [4.78, 5) is 11.7. The van der Waals surface area contributed by atoms with Crippen LogP contribution in [0, 0.1) is 0 Å². The highest BCUT2D eigenvalue weighted by Gasteiger charge is 2.34. The number of benzene rings is 1. The Balaban J connectivity index is 2.60. The lowest BCUT2D eigenvalue weighted by atomic mass is 10.0. The van der Waals surface area contributed by atoms with Crippen molar-refractivity contribution in [1.82, 2.24) is 0 Å². The molecule has 0 N–H and O–H groups in total. The van der Waals surface area contributed by atoms with Gasteiger partial charge in [-0.3, -0.25) is 0 Å². The number of hydrogen-bond donors (Lipinski definition) is 0. The molecule has 1 aliphatic heterocycles. The fourth-order valence-electron chi connectivity index (χ4n) is 1.96. The molecule has 1 aromatic carbocycles. The second-order valence-electron chi connectivity index (χ2n) is 4.29. The molecule has 18 heavy (non-hydrogen) atoms. The normalized spacial score (nSPS) is 17.3. The Morgan fingerprint density at radius 2 is 2.17 bits per heavy atom. The number of ether oxygens (including phenoxy) is 3.